The molecule has 2 saturated heterocycles. The van der Waals surface area contributed by atoms with Gasteiger partial charge in [-0.25, -0.2) is 9.79 Å². The Kier molecular flexibility index (Phi) is 18.4. The number of benzene rings is 3. The van der Waals surface area contributed by atoms with E-state index >= 15 is 0 Å². The van der Waals surface area contributed by atoms with Crippen molar-refractivity contribution in [1.29, 1.82) is 0 Å². The molecule has 27 heteroatoms. The van der Waals surface area contributed by atoms with Crippen LogP contribution in [0.1, 0.15) is 129 Å². The molecule has 12 atom stereocenters. The highest BCUT2D eigenvalue weighted by atomic mass is 16.8. The van der Waals surface area contributed by atoms with Crippen LogP contribution in [0, 0.1) is 6.92 Å². The van der Waals surface area contributed by atoms with Crippen LogP contribution in [0.3, 0.4) is 0 Å². The molecule has 4 aliphatic rings. The Balaban J connectivity index is 1.51. The molecule has 2 aliphatic carbocycles. The SMILES string of the molecule is COC(=O)[C@@H](C)N=C(OC)c1c(C)cc2c(c1OC(C)=O)-c1c(cc3c(c1O)C(=O)c1cc(OC)cc(O)c1C3=O)[C@H](OC(C)=O)[C@H]2O[C@@H]1O[C@H](C)[C@H](OC(C)=O)[C@H](O[C@@H]2OC[C@@H](OC(C)=O)[C@H](OC(C)=O)[C@H]2OC(C)=O)[C@H]1OC(C)=O. The second-order valence-electron chi connectivity index (χ2n) is 19.2. The van der Waals surface area contributed by atoms with E-state index in [9.17, 15) is 58.2 Å². The number of ether oxygens (including phenoxy) is 14. The number of phenols is 2. The number of carbonyl (C=O) groups excluding carboxylic acids is 10. The van der Waals surface area contributed by atoms with Gasteiger partial charge >= 0.3 is 47.8 Å². The first-order valence-electron chi connectivity index (χ1n) is 25.2. The van der Waals surface area contributed by atoms with Crippen molar-refractivity contribution < 1.29 is 124 Å². The molecule has 0 unspecified atom stereocenters. The molecule has 2 fully saturated rings. The lowest BCUT2D eigenvalue weighted by atomic mass is 9.74. The van der Waals surface area contributed by atoms with Crippen molar-refractivity contribution >= 4 is 65.2 Å². The Morgan fingerprint density at radius 1 is 0.598 bits per heavy atom. The molecule has 0 saturated carbocycles. The van der Waals surface area contributed by atoms with Gasteiger partial charge < -0.3 is 76.5 Å². The van der Waals surface area contributed by atoms with Gasteiger partial charge in [-0.1, -0.05) is 6.07 Å². The first-order valence-corrected chi connectivity index (χ1v) is 25.2. The molecule has 2 aliphatic heterocycles. The number of rotatable bonds is 15. The van der Waals surface area contributed by atoms with Gasteiger partial charge in [-0.3, -0.25) is 43.2 Å². The van der Waals surface area contributed by atoms with Gasteiger partial charge in [-0.15, -0.1) is 0 Å². The first-order chi connectivity index (χ1) is 38.6. The maximum atomic E-state index is 14.7. The van der Waals surface area contributed by atoms with Crippen LogP contribution in [0.5, 0.6) is 23.0 Å². The van der Waals surface area contributed by atoms with E-state index in [1.807, 2.05) is 0 Å². The molecule has 82 heavy (non-hydrogen) atoms. The summed E-state index contributed by atoms with van der Waals surface area (Å²) >= 11 is 0. The van der Waals surface area contributed by atoms with E-state index in [-0.39, 0.29) is 45.0 Å². The van der Waals surface area contributed by atoms with Crippen LogP contribution < -0.4 is 9.47 Å². The summed E-state index contributed by atoms with van der Waals surface area (Å²) in [6.07, 6.45) is -18.8. The number of ketones is 2. The Morgan fingerprint density at radius 3 is 1.71 bits per heavy atom. The molecule has 3 aromatic rings. The summed E-state index contributed by atoms with van der Waals surface area (Å²) < 4.78 is 81.8. The third-order valence-electron chi connectivity index (χ3n) is 13.3. The van der Waals surface area contributed by atoms with Crippen molar-refractivity contribution in [3.05, 3.63) is 68.8 Å². The zero-order valence-corrected chi connectivity index (χ0v) is 46.6. The summed E-state index contributed by atoms with van der Waals surface area (Å²) in [4.78, 5) is 137. The average molecular weight is 1150 g/mol. The third-order valence-corrected chi connectivity index (χ3v) is 13.3. The maximum absolute atomic E-state index is 14.7. The van der Waals surface area contributed by atoms with E-state index in [4.69, 9.17) is 66.3 Å². The maximum Gasteiger partial charge on any atom is 0.330 e. The van der Waals surface area contributed by atoms with Crippen molar-refractivity contribution in [2.24, 2.45) is 4.99 Å². The number of carbonyl (C=O) groups is 10. The van der Waals surface area contributed by atoms with E-state index < -0.39 is 179 Å². The predicted octanol–water partition coefficient (Wildman–Crippen LogP) is 3.56. The van der Waals surface area contributed by atoms with E-state index in [1.165, 1.54) is 47.1 Å². The van der Waals surface area contributed by atoms with Crippen molar-refractivity contribution in [1.82, 2.24) is 0 Å². The molecule has 2 heterocycles. The van der Waals surface area contributed by atoms with Crippen LogP contribution in [0.4, 0.5) is 0 Å². The molecule has 0 radical (unpaired) electrons. The molecular weight excluding hydrogens is 1090 g/mol. The van der Waals surface area contributed by atoms with Crippen LogP contribution in [-0.2, 0) is 95.2 Å². The standard InChI is InChI=1S/C55H59NO26/c1-19-14-32-39(48(78-26(8)61)36(19)52(70-12)56-20(2)53(68)71-13)38-33(17-31-40(43(38)67)42(66)30-15-29(69-11)16-34(64)37(30)41(31)65)45(76-24(6)59)46(32)81-55-51(80-28(10)63)49(44(21(3)73-55)75-23(5)58)82-54-50(79-27(9)62)47(77-25(7)60)35(18-72-54)74-22(4)57/h14-17,20-21,35,44-47,49-51,54-55,64,67H,18H2,1-13H3/t20-,21-,35-,44+,45+,46+,47+,49+,50-,51-,54+,55+/m1/s1. The van der Waals surface area contributed by atoms with Gasteiger partial charge in [0.05, 0.1) is 50.7 Å². The fourth-order valence-electron chi connectivity index (χ4n) is 10.2. The van der Waals surface area contributed by atoms with E-state index in [0.29, 0.717) is 0 Å². The number of nitrogens with zero attached hydrogens (tertiary/aromatic N) is 1. The lowest BCUT2D eigenvalue weighted by Crippen LogP contribution is -2.65. The highest BCUT2D eigenvalue weighted by Gasteiger charge is 2.57. The Labute approximate surface area is 467 Å². The number of hydrogen-bond acceptors (Lipinski definition) is 27. The minimum Gasteiger partial charge on any atom is -0.507 e. The van der Waals surface area contributed by atoms with Gasteiger partial charge in [-0.05, 0) is 44.0 Å². The summed E-state index contributed by atoms with van der Waals surface area (Å²) in [5.41, 5.74) is -3.11. The van der Waals surface area contributed by atoms with Gasteiger partial charge in [0, 0.05) is 82.3 Å². The number of aliphatic imine (C=N–C) groups is 1. The number of aryl methyl sites for hydroxylation is 1. The normalized spacial score (nSPS) is 24.8. The van der Waals surface area contributed by atoms with Gasteiger partial charge in [-0.2, -0.15) is 0 Å². The topological polar surface area (TPSA) is 353 Å². The molecule has 0 amide bonds. The van der Waals surface area contributed by atoms with Crippen LogP contribution in [0.25, 0.3) is 11.1 Å². The number of fused-ring (bicyclic) bond motifs is 5. The molecule has 27 nitrogen and oxygen atoms in total. The highest BCUT2D eigenvalue weighted by Crippen LogP contribution is 2.58. The predicted molar refractivity (Wildman–Crippen MR) is 271 cm³/mol. The smallest absolute Gasteiger partial charge is 0.330 e. The quantitative estimate of drug-likeness (QED) is 0.0565. The van der Waals surface area contributed by atoms with Gasteiger partial charge in [0.1, 0.15) is 35.5 Å². The number of phenolic OH excluding ortho intramolecular Hbond substituents is 2. The van der Waals surface area contributed by atoms with E-state index in [1.54, 1.807) is 0 Å². The molecular formula is C55H59NO26. The van der Waals surface area contributed by atoms with Crippen LogP contribution in [0.2, 0.25) is 0 Å². The summed E-state index contributed by atoms with van der Waals surface area (Å²) in [6.45, 7) is 10.9. The summed E-state index contributed by atoms with van der Waals surface area (Å²) in [5.74, 6) is -11.9. The zero-order valence-electron chi connectivity index (χ0n) is 46.6. The minimum atomic E-state index is -1.97. The molecule has 0 aromatic heterocycles. The lowest BCUT2D eigenvalue weighted by molar-refractivity contribution is -0.355. The highest BCUT2D eigenvalue weighted by molar-refractivity contribution is 6.31. The summed E-state index contributed by atoms with van der Waals surface area (Å²) in [7, 11) is 3.56. The number of hydrogen-bond donors (Lipinski definition) is 2. The van der Waals surface area contributed by atoms with Gasteiger partial charge in [0.2, 0.25) is 5.90 Å². The summed E-state index contributed by atoms with van der Waals surface area (Å²) in [5, 5.41) is 23.9. The molecule has 7 rings (SSSR count). The van der Waals surface area contributed by atoms with Crippen molar-refractivity contribution in [3.63, 3.8) is 0 Å². The molecule has 0 spiro atoms. The first kappa shape index (κ1) is 61.1. The van der Waals surface area contributed by atoms with Crippen molar-refractivity contribution in [3.8, 4) is 34.1 Å². The van der Waals surface area contributed by atoms with Gasteiger partial charge in [0.15, 0.2) is 66.5 Å². The minimum absolute atomic E-state index is 0.0314. The largest absolute Gasteiger partial charge is 0.507 e. The monoisotopic (exact) mass is 1150 g/mol. The number of aromatic hydroxyl groups is 2. The third kappa shape index (κ3) is 12.2. The fraction of sp³-hybridized carbons (Fsp3) is 0.473. The van der Waals surface area contributed by atoms with Crippen LogP contribution >= 0.6 is 0 Å². The Hall–Kier alpha value is -8.53. The fourth-order valence-corrected chi connectivity index (χ4v) is 10.2. The molecule has 3 aromatic carbocycles. The van der Waals surface area contributed by atoms with Crippen molar-refractivity contribution in [2.45, 2.75) is 143 Å². The van der Waals surface area contributed by atoms with E-state index in [2.05, 4.69) is 4.99 Å². The average Bonchev–Trinajstić information content (AvgIpc) is 3.10. The summed E-state index contributed by atoms with van der Waals surface area (Å²) in [6, 6.07) is 3.51. The second kappa shape index (κ2) is 24.7. The van der Waals surface area contributed by atoms with E-state index in [0.717, 1.165) is 67.7 Å². The Bertz CT molecular complexity index is 3180. The number of methoxy groups -OCH3 is 3. The Morgan fingerprint density at radius 2 is 1.15 bits per heavy atom. The second-order valence-corrected chi connectivity index (χ2v) is 19.2. The zero-order chi connectivity index (χ0) is 60.5. The van der Waals surface area contributed by atoms with Crippen LogP contribution in [-0.4, -0.2) is 165 Å². The lowest BCUT2D eigenvalue weighted by Gasteiger charge is -2.48. The van der Waals surface area contributed by atoms with Crippen LogP contribution in [0.15, 0.2) is 29.3 Å². The number of esters is 8. The van der Waals surface area contributed by atoms with Gasteiger partial charge in [0.25, 0.3) is 0 Å². The molecule has 0 bridgehead atoms. The van der Waals surface area contributed by atoms with Crippen molar-refractivity contribution in [2.75, 3.05) is 27.9 Å². The molecule has 2 N–H and O–H groups in total. The molecule has 440 valence electrons.